The summed E-state index contributed by atoms with van der Waals surface area (Å²) in [7, 11) is 0. The van der Waals surface area contributed by atoms with Crippen LogP contribution in [0.4, 0.5) is 5.69 Å². The van der Waals surface area contributed by atoms with Crippen molar-refractivity contribution in [3.63, 3.8) is 0 Å². The van der Waals surface area contributed by atoms with Crippen molar-refractivity contribution in [2.24, 2.45) is 0 Å². The normalized spacial score (nSPS) is 10.8. The molecule has 3 rings (SSSR count). The molecule has 0 bridgehead atoms. The molecule has 0 aliphatic rings. The summed E-state index contributed by atoms with van der Waals surface area (Å²) in [6.45, 7) is 1.36. The zero-order valence-electron chi connectivity index (χ0n) is 13.6. The Morgan fingerprint density at radius 3 is 2.84 bits per heavy atom. The predicted molar refractivity (Wildman–Crippen MR) is 101 cm³/mol. The maximum atomic E-state index is 12.6. The van der Waals surface area contributed by atoms with Gasteiger partial charge in [0.25, 0.3) is 5.56 Å². The molecule has 6 nitrogen and oxygen atoms in total. The molecule has 1 aromatic carbocycles. The maximum Gasteiger partial charge on any atom is 0.271 e. The Labute approximate surface area is 151 Å². The van der Waals surface area contributed by atoms with Crippen LogP contribution in [-0.4, -0.2) is 27.5 Å². The standard InChI is InChI=1S/C17H15N3O3S2/c1-10(21)19-12-4-3-11(7-15(12)24-2)14(22)8-20-9-18-13-5-6-25-16(13)17(20)23/h3-7,9H,8H2,1-2H3,(H,19,21). The number of anilines is 1. The average molecular weight is 373 g/mol. The number of hydrogen-bond acceptors (Lipinski definition) is 6. The van der Waals surface area contributed by atoms with Crippen LogP contribution in [0.1, 0.15) is 17.3 Å². The summed E-state index contributed by atoms with van der Waals surface area (Å²) in [5.41, 5.74) is 1.57. The van der Waals surface area contributed by atoms with Crippen molar-refractivity contribution in [3.05, 3.63) is 51.9 Å². The Balaban J connectivity index is 1.88. The number of carbonyl (C=O) groups excluding carboxylic acids is 2. The van der Waals surface area contributed by atoms with Crippen LogP contribution in [0.3, 0.4) is 0 Å². The first-order valence-electron chi connectivity index (χ1n) is 7.41. The third-order valence-electron chi connectivity index (χ3n) is 3.58. The molecular weight excluding hydrogens is 358 g/mol. The maximum absolute atomic E-state index is 12.6. The summed E-state index contributed by atoms with van der Waals surface area (Å²) < 4.78 is 1.86. The first kappa shape index (κ1) is 17.4. The van der Waals surface area contributed by atoms with E-state index in [0.29, 0.717) is 21.5 Å². The molecule has 0 fully saturated rings. The summed E-state index contributed by atoms with van der Waals surface area (Å²) in [5, 5.41) is 4.53. The van der Waals surface area contributed by atoms with Gasteiger partial charge in [0.15, 0.2) is 5.78 Å². The lowest BCUT2D eigenvalue weighted by Gasteiger charge is -2.10. The Hall–Kier alpha value is -2.45. The quantitative estimate of drug-likeness (QED) is 0.549. The number of thiophene rings is 1. The van der Waals surface area contributed by atoms with Gasteiger partial charge >= 0.3 is 0 Å². The molecule has 0 atom stereocenters. The highest BCUT2D eigenvalue weighted by molar-refractivity contribution is 7.98. The number of benzene rings is 1. The second-order valence-electron chi connectivity index (χ2n) is 5.33. The fourth-order valence-electron chi connectivity index (χ4n) is 2.40. The lowest BCUT2D eigenvalue weighted by atomic mass is 10.1. The number of ketones is 1. The summed E-state index contributed by atoms with van der Waals surface area (Å²) in [5.74, 6) is -0.360. The highest BCUT2D eigenvalue weighted by atomic mass is 32.2. The Bertz CT molecular complexity index is 1020. The van der Waals surface area contributed by atoms with Crippen LogP contribution in [0.15, 0.2) is 45.7 Å². The van der Waals surface area contributed by atoms with Crippen molar-refractivity contribution >= 4 is 50.7 Å². The molecule has 3 aromatic rings. The molecule has 2 heterocycles. The van der Waals surface area contributed by atoms with E-state index in [4.69, 9.17) is 0 Å². The number of Topliss-reactive ketones (excluding diaryl/α,β-unsaturated/α-hetero) is 1. The van der Waals surface area contributed by atoms with Gasteiger partial charge in [-0.15, -0.1) is 23.1 Å². The van der Waals surface area contributed by atoms with Crippen LogP contribution in [0.2, 0.25) is 0 Å². The van der Waals surface area contributed by atoms with Crippen molar-refractivity contribution in [3.8, 4) is 0 Å². The minimum absolute atomic E-state index is 0.0764. The Morgan fingerprint density at radius 2 is 2.12 bits per heavy atom. The van der Waals surface area contributed by atoms with Gasteiger partial charge in [0.1, 0.15) is 4.70 Å². The molecule has 2 aromatic heterocycles. The fraction of sp³-hybridized carbons (Fsp3) is 0.176. The number of thioether (sulfide) groups is 1. The van der Waals surface area contributed by atoms with Gasteiger partial charge in [-0.2, -0.15) is 0 Å². The number of carbonyl (C=O) groups is 2. The summed E-state index contributed by atoms with van der Waals surface area (Å²) in [6.07, 6.45) is 3.27. The van der Waals surface area contributed by atoms with E-state index in [1.165, 1.54) is 40.9 Å². The number of amides is 1. The first-order chi connectivity index (χ1) is 12.0. The zero-order valence-corrected chi connectivity index (χ0v) is 15.2. The smallest absolute Gasteiger partial charge is 0.271 e. The molecule has 0 spiro atoms. The molecule has 0 saturated heterocycles. The Kier molecular flexibility index (Phi) is 5.00. The van der Waals surface area contributed by atoms with Gasteiger partial charge in [-0.05, 0) is 35.9 Å². The third kappa shape index (κ3) is 3.64. The lowest BCUT2D eigenvalue weighted by Crippen LogP contribution is -2.24. The second-order valence-corrected chi connectivity index (χ2v) is 7.10. The predicted octanol–water partition coefficient (Wildman–Crippen LogP) is 3.02. The molecule has 1 N–H and O–H groups in total. The topological polar surface area (TPSA) is 81.1 Å². The number of aromatic nitrogens is 2. The van der Waals surface area contributed by atoms with E-state index in [2.05, 4.69) is 10.3 Å². The number of nitrogens with one attached hydrogen (secondary N) is 1. The van der Waals surface area contributed by atoms with Gasteiger partial charge in [0, 0.05) is 17.4 Å². The first-order valence-corrected chi connectivity index (χ1v) is 9.51. The van der Waals surface area contributed by atoms with E-state index in [0.717, 1.165) is 4.90 Å². The number of rotatable bonds is 5. The highest BCUT2D eigenvalue weighted by Gasteiger charge is 2.13. The zero-order chi connectivity index (χ0) is 18.0. The average Bonchev–Trinajstić information content (AvgIpc) is 3.06. The number of fused-ring (bicyclic) bond motifs is 1. The minimum Gasteiger partial charge on any atom is -0.325 e. The summed E-state index contributed by atoms with van der Waals surface area (Å²) >= 11 is 2.75. The van der Waals surface area contributed by atoms with Crippen LogP contribution in [0.25, 0.3) is 10.2 Å². The van der Waals surface area contributed by atoms with Crippen molar-refractivity contribution in [1.29, 1.82) is 0 Å². The van der Waals surface area contributed by atoms with Gasteiger partial charge in [0.2, 0.25) is 5.91 Å². The van der Waals surface area contributed by atoms with Crippen LogP contribution in [0, 0.1) is 0 Å². The number of nitrogens with zero attached hydrogens (tertiary/aromatic N) is 2. The monoisotopic (exact) mass is 373 g/mol. The lowest BCUT2D eigenvalue weighted by molar-refractivity contribution is -0.114. The molecule has 8 heteroatoms. The van der Waals surface area contributed by atoms with Crippen molar-refractivity contribution < 1.29 is 9.59 Å². The van der Waals surface area contributed by atoms with Crippen molar-refractivity contribution in [1.82, 2.24) is 9.55 Å². The van der Waals surface area contributed by atoms with Gasteiger partial charge in [-0.25, -0.2) is 4.98 Å². The molecule has 128 valence electrons. The van der Waals surface area contributed by atoms with Gasteiger partial charge in [-0.1, -0.05) is 0 Å². The van der Waals surface area contributed by atoms with E-state index in [1.807, 2.05) is 6.26 Å². The van der Waals surface area contributed by atoms with Crippen LogP contribution < -0.4 is 10.9 Å². The fourth-order valence-corrected chi connectivity index (χ4v) is 3.77. The summed E-state index contributed by atoms with van der Waals surface area (Å²) in [4.78, 5) is 41.2. The molecule has 0 aliphatic carbocycles. The molecule has 0 radical (unpaired) electrons. The largest absolute Gasteiger partial charge is 0.325 e. The van der Waals surface area contributed by atoms with Gasteiger partial charge in [-0.3, -0.25) is 19.0 Å². The molecule has 1 amide bonds. The van der Waals surface area contributed by atoms with Gasteiger partial charge < -0.3 is 5.32 Å². The van der Waals surface area contributed by atoms with Crippen molar-refractivity contribution in [2.75, 3.05) is 11.6 Å². The molecule has 0 aliphatic heterocycles. The molecule has 0 unspecified atom stereocenters. The van der Waals surface area contributed by atoms with E-state index in [1.54, 1.807) is 29.6 Å². The third-order valence-corrected chi connectivity index (χ3v) is 5.25. The van der Waals surface area contributed by atoms with Crippen LogP contribution in [0.5, 0.6) is 0 Å². The number of hydrogen-bond donors (Lipinski definition) is 1. The van der Waals surface area contributed by atoms with E-state index in [9.17, 15) is 14.4 Å². The summed E-state index contributed by atoms with van der Waals surface area (Å²) in [6, 6.07) is 6.85. The minimum atomic E-state index is -0.215. The molecule has 25 heavy (non-hydrogen) atoms. The molecular formula is C17H15N3O3S2. The van der Waals surface area contributed by atoms with Crippen LogP contribution in [-0.2, 0) is 11.3 Å². The SMILES string of the molecule is CSc1cc(C(=O)Cn2cnc3ccsc3c2=O)ccc1NC(C)=O. The van der Waals surface area contributed by atoms with Crippen LogP contribution >= 0.6 is 23.1 Å². The van der Waals surface area contributed by atoms with Crippen molar-refractivity contribution in [2.45, 2.75) is 18.4 Å². The van der Waals surface area contributed by atoms with E-state index in [-0.39, 0.29) is 23.8 Å². The molecule has 0 saturated carbocycles. The van der Waals surface area contributed by atoms with E-state index < -0.39 is 0 Å². The van der Waals surface area contributed by atoms with Gasteiger partial charge in [0.05, 0.1) is 24.1 Å². The second kappa shape index (κ2) is 7.20. The van der Waals surface area contributed by atoms with E-state index >= 15 is 0 Å². The highest BCUT2D eigenvalue weighted by Crippen LogP contribution is 2.27. The Morgan fingerprint density at radius 1 is 1.32 bits per heavy atom.